The van der Waals surface area contributed by atoms with Gasteiger partial charge in [0.15, 0.2) is 9.84 Å². The standard InChI is InChI=1S/C17H23NO4S/c1-6-18(7-2)15-14(17(3,4)22-16(15)19)12-8-10-13(11-9-12)23(5,20)21/h8-11H,6-7H2,1-5H3. The summed E-state index contributed by atoms with van der Waals surface area (Å²) in [6, 6.07) is 6.60. The number of sulfone groups is 1. The first kappa shape index (κ1) is 17.5. The fourth-order valence-electron chi connectivity index (χ4n) is 2.90. The molecule has 0 aliphatic carbocycles. The third kappa shape index (κ3) is 3.27. The molecule has 0 spiro atoms. The van der Waals surface area contributed by atoms with Crippen molar-refractivity contribution in [3.63, 3.8) is 0 Å². The average Bonchev–Trinajstić information content (AvgIpc) is 2.69. The van der Waals surface area contributed by atoms with Crippen molar-refractivity contribution < 1.29 is 17.9 Å². The number of carbonyl (C=O) groups is 1. The van der Waals surface area contributed by atoms with E-state index in [9.17, 15) is 13.2 Å². The molecule has 0 radical (unpaired) electrons. The molecule has 0 fully saturated rings. The Morgan fingerprint density at radius 3 is 2.04 bits per heavy atom. The summed E-state index contributed by atoms with van der Waals surface area (Å²) < 4.78 is 28.8. The SMILES string of the molecule is CCN(CC)C1=C(c2ccc(S(C)(=O)=O)cc2)C(C)(C)OC1=O. The molecular weight excluding hydrogens is 314 g/mol. The fourth-order valence-corrected chi connectivity index (χ4v) is 3.53. The van der Waals surface area contributed by atoms with Crippen molar-refractivity contribution in [1.82, 2.24) is 4.90 Å². The number of ether oxygens (including phenoxy) is 1. The number of hydrogen-bond donors (Lipinski definition) is 0. The van der Waals surface area contributed by atoms with Crippen molar-refractivity contribution >= 4 is 21.4 Å². The summed E-state index contributed by atoms with van der Waals surface area (Å²) in [6.07, 6.45) is 1.18. The van der Waals surface area contributed by atoms with Crippen LogP contribution in [0, 0.1) is 0 Å². The third-order valence-corrected chi connectivity index (χ3v) is 5.16. The number of nitrogens with zero attached hydrogens (tertiary/aromatic N) is 1. The Morgan fingerprint density at radius 2 is 1.61 bits per heavy atom. The molecule has 5 nitrogen and oxygen atoms in total. The zero-order valence-corrected chi connectivity index (χ0v) is 15.0. The topological polar surface area (TPSA) is 63.7 Å². The smallest absolute Gasteiger partial charge is 0.355 e. The quantitative estimate of drug-likeness (QED) is 0.773. The summed E-state index contributed by atoms with van der Waals surface area (Å²) in [5, 5.41) is 0. The van der Waals surface area contributed by atoms with Crippen LogP contribution in [0.5, 0.6) is 0 Å². The molecule has 0 saturated carbocycles. The molecule has 2 rings (SSSR count). The Labute approximate surface area is 137 Å². The van der Waals surface area contributed by atoms with Crippen molar-refractivity contribution in [2.24, 2.45) is 0 Å². The van der Waals surface area contributed by atoms with E-state index in [4.69, 9.17) is 4.74 Å². The van der Waals surface area contributed by atoms with Gasteiger partial charge < -0.3 is 9.64 Å². The van der Waals surface area contributed by atoms with E-state index in [0.29, 0.717) is 18.8 Å². The maximum Gasteiger partial charge on any atom is 0.355 e. The molecular formula is C17H23NO4S. The summed E-state index contributed by atoms with van der Waals surface area (Å²) in [7, 11) is -3.25. The molecule has 1 heterocycles. The van der Waals surface area contributed by atoms with Gasteiger partial charge in [-0.25, -0.2) is 13.2 Å². The van der Waals surface area contributed by atoms with Gasteiger partial charge in [0, 0.05) is 24.9 Å². The molecule has 0 unspecified atom stereocenters. The molecule has 0 atom stereocenters. The second-order valence-corrected chi connectivity index (χ2v) is 8.11. The summed E-state index contributed by atoms with van der Waals surface area (Å²) >= 11 is 0. The Kier molecular flexibility index (Phi) is 4.57. The highest BCUT2D eigenvalue weighted by molar-refractivity contribution is 7.90. The van der Waals surface area contributed by atoms with Gasteiger partial charge in [-0.15, -0.1) is 0 Å². The lowest BCUT2D eigenvalue weighted by molar-refractivity contribution is -0.145. The van der Waals surface area contributed by atoms with E-state index in [1.165, 1.54) is 6.26 Å². The average molecular weight is 337 g/mol. The van der Waals surface area contributed by atoms with E-state index in [2.05, 4.69) is 0 Å². The number of likely N-dealkylation sites (N-methyl/N-ethyl adjacent to an activating group) is 1. The summed E-state index contributed by atoms with van der Waals surface area (Å²) in [6.45, 7) is 9.06. The van der Waals surface area contributed by atoms with Crippen LogP contribution < -0.4 is 0 Å². The zero-order chi connectivity index (χ0) is 17.4. The minimum absolute atomic E-state index is 0.259. The van der Waals surface area contributed by atoms with Gasteiger partial charge in [0.1, 0.15) is 11.3 Å². The summed E-state index contributed by atoms with van der Waals surface area (Å²) in [5.41, 5.74) is 1.41. The van der Waals surface area contributed by atoms with E-state index in [1.54, 1.807) is 24.3 Å². The number of rotatable bonds is 5. The third-order valence-electron chi connectivity index (χ3n) is 4.03. The predicted molar refractivity (Wildman–Crippen MR) is 89.6 cm³/mol. The molecule has 1 aromatic carbocycles. The molecule has 1 aliphatic rings. The van der Waals surface area contributed by atoms with E-state index >= 15 is 0 Å². The lowest BCUT2D eigenvalue weighted by Gasteiger charge is -2.24. The molecule has 0 N–H and O–H groups in total. The number of cyclic esters (lactones) is 1. The second-order valence-electron chi connectivity index (χ2n) is 6.09. The molecule has 0 amide bonds. The van der Waals surface area contributed by atoms with Crippen LogP contribution in [0.1, 0.15) is 33.3 Å². The fraction of sp³-hybridized carbons (Fsp3) is 0.471. The van der Waals surface area contributed by atoms with Crippen LogP contribution in [0.3, 0.4) is 0 Å². The van der Waals surface area contributed by atoms with Gasteiger partial charge in [-0.3, -0.25) is 0 Å². The van der Waals surface area contributed by atoms with Crippen LogP contribution in [-0.4, -0.2) is 44.2 Å². The number of benzene rings is 1. The van der Waals surface area contributed by atoms with Crippen molar-refractivity contribution in [1.29, 1.82) is 0 Å². The van der Waals surface area contributed by atoms with Crippen LogP contribution in [0.25, 0.3) is 5.57 Å². The first-order chi connectivity index (χ1) is 10.6. The number of hydrogen-bond acceptors (Lipinski definition) is 5. The van der Waals surface area contributed by atoms with Crippen LogP contribution in [0.15, 0.2) is 34.9 Å². The van der Waals surface area contributed by atoms with E-state index in [-0.39, 0.29) is 10.9 Å². The van der Waals surface area contributed by atoms with E-state index < -0.39 is 15.4 Å². The monoisotopic (exact) mass is 337 g/mol. The predicted octanol–water partition coefficient (Wildman–Crippen LogP) is 2.48. The number of esters is 1. The first-order valence-electron chi connectivity index (χ1n) is 7.65. The molecule has 0 saturated heterocycles. The lowest BCUT2D eigenvalue weighted by Crippen LogP contribution is -2.26. The highest BCUT2D eigenvalue weighted by atomic mass is 32.2. The van der Waals surface area contributed by atoms with Gasteiger partial charge in [0.25, 0.3) is 0 Å². The van der Waals surface area contributed by atoms with Crippen molar-refractivity contribution in [3.05, 3.63) is 35.5 Å². The van der Waals surface area contributed by atoms with Gasteiger partial charge >= 0.3 is 5.97 Å². The van der Waals surface area contributed by atoms with Crippen LogP contribution in [-0.2, 0) is 19.4 Å². The maximum absolute atomic E-state index is 12.3. The Balaban J connectivity index is 2.61. The Morgan fingerprint density at radius 1 is 1.09 bits per heavy atom. The van der Waals surface area contributed by atoms with E-state index in [0.717, 1.165) is 11.1 Å². The van der Waals surface area contributed by atoms with Crippen LogP contribution >= 0.6 is 0 Å². The Bertz CT molecular complexity index is 741. The maximum atomic E-state index is 12.3. The zero-order valence-electron chi connectivity index (χ0n) is 14.2. The van der Waals surface area contributed by atoms with Crippen molar-refractivity contribution in [2.75, 3.05) is 19.3 Å². The molecule has 126 valence electrons. The molecule has 1 aromatic rings. The molecule has 1 aliphatic heterocycles. The van der Waals surface area contributed by atoms with Crippen molar-refractivity contribution in [2.45, 2.75) is 38.2 Å². The Hall–Kier alpha value is -1.82. The van der Waals surface area contributed by atoms with Gasteiger partial charge in [0.05, 0.1) is 4.90 Å². The minimum Gasteiger partial charge on any atom is -0.450 e. The van der Waals surface area contributed by atoms with Crippen LogP contribution in [0.4, 0.5) is 0 Å². The first-order valence-corrected chi connectivity index (χ1v) is 9.54. The molecule has 0 bridgehead atoms. The van der Waals surface area contributed by atoms with Crippen molar-refractivity contribution in [3.8, 4) is 0 Å². The van der Waals surface area contributed by atoms with Gasteiger partial charge in [-0.2, -0.15) is 0 Å². The lowest BCUT2D eigenvalue weighted by atomic mass is 9.91. The highest BCUT2D eigenvalue weighted by Crippen LogP contribution is 2.40. The van der Waals surface area contributed by atoms with Gasteiger partial charge in [0.2, 0.25) is 0 Å². The van der Waals surface area contributed by atoms with Gasteiger partial charge in [-0.1, -0.05) is 12.1 Å². The minimum atomic E-state index is -3.25. The molecule has 23 heavy (non-hydrogen) atoms. The van der Waals surface area contributed by atoms with Crippen LogP contribution in [0.2, 0.25) is 0 Å². The normalized spacial score (nSPS) is 17.3. The number of carbonyl (C=O) groups excluding carboxylic acids is 1. The second kappa shape index (κ2) is 6.00. The molecule has 0 aromatic heterocycles. The summed E-state index contributed by atoms with van der Waals surface area (Å²) in [4.78, 5) is 14.6. The van der Waals surface area contributed by atoms with Gasteiger partial charge in [-0.05, 0) is 45.4 Å². The largest absolute Gasteiger partial charge is 0.450 e. The summed E-state index contributed by atoms with van der Waals surface area (Å²) in [5.74, 6) is -0.333. The van der Waals surface area contributed by atoms with E-state index in [1.807, 2.05) is 32.6 Å². The molecule has 6 heteroatoms. The highest BCUT2D eigenvalue weighted by Gasteiger charge is 2.42.